The maximum absolute atomic E-state index is 11.9. The molecule has 3 heterocycles. The third-order valence-corrected chi connectivity index (χ3v) is 6.64. The highest BCUT2D eigenvalue weighted by Crippen LogP contribution is 2.29. The molecule has 0 aromatic carbocycles. The number of aromatic nitrogens is 2. The molecule has 0 N–H and O–H groups in total. The number of fused-ring (bicyclic) bond motifs is 1. The minimum absolute atomic E-state index is 0.193. The second-order valence-electron chi connectivity index (χ2n) is 5.63. The molecular formula is C13H20N2O2S. The minimum atomic E-state index is -2.86. The quantitative estimate of drug-likeness (QED) is 0.823. The van der Waals surface area contributed by atoms with E-state index in [-0.39, 0.29) is 5.25 Å². The van der Waals surface area contributed by atoms with Crippen molar-refractivity contribution in [1.82, 2.24) is 9.55 Å². The van der Waals surface area contributed by atoms with Crippen molar-refractivity contribution in [2.24, 2.45) is 0 Å². The summed E-state index contributed by atoms with van der Waals surface area (Å²) in [6.45, 7) is 3.23. The van der Waals surface area contributed by atoms with Crippen molar-refractivity contribution in [3.63, 3.8) is 0 Å². The van der Waals surface area contributed by atoms with E-state index in [1.807, 2.05) is 6.20 Å². The van der Waals surface area contributed by atoms with E-state index in [0.717, 1.165) is 25.2 Å². The number of imidazole rings is 1. The highest BCUT2D eigenvalue weighted by Gasteiger charge is 2.33. The van der Waals surface area contributed by atoms with Crippen LogP contribution >= 0.6 is 0 Å². The lowest BCUT2D eigenvalue weighted by atomic mass is 9.98. The van der Waals surface area contributed by atoms with Crippen LogP contribution in [0.15, 0.2) is 6.20 Å². The van der Waals surface area contributed by atoms with Crippen LogP contribution in [0.2, 0.25) is 0 Å². The maximum atomic E-state index is 11.9. The zero-order valence-corrected chi connectivity index (χ0v) is 11.6. The molecule has 4 nitrogen and oxygen atoms in total. The number of nitrogens with zero attached hydrogens (tertiary/aromatic N) is 2. The smallest absolute Gasteiger partial charge is 0.153 e. The minimum Gasteiger partial charge on any atom is -0.332 e. The highest BCUT2D eigenvalue weighted by atomic mass is 32.2. The Balaban J connectivity index is 1.86. The highest BCUT2D eigenvalue weighted by molar-refractivity contribution is 7.92. The fourth-order valence-electron chi connectivity index (χ4n) is 3.24. The van der Waals surface area contributed by atoms with E-state index in [2.05, 4.69) is 16.5 Å². The Hall–Kier alpha value is -0.840. The van der Waals surface area contributed by atoms with Crippen LogP contribution in [0.3, 0.4) is 0 Å². The molecule has 0 amide bonds. The Morgan fingerprint density at radius 1 is 1.39 bits per heavy atom. The van der Waals surface area contributed by atoms with Crippen molar-refractivity contribution < 1.29 is 8.42 Å². The molecule has 0 spiro atoms. The molecule has 1 fully saturated rings. The van der Waals surface area contributed by atoms with Crippen molar-refractivity contribution in [3.8, 4) is 0 Å². The molecule has 5 heteroatoms. The van der Waals surface area contributed by atoms with E-state index in [0.29, 0.717) is 18.1 Å². The van der Waals surface area contributed by atoms with Crippen molar-refractivity contribution >= 4 is 9.84 Å². The lowest BCUT2D eigenvalue weighted by Crippen LogP contribution is -2.23. The van der Waals surface area contributed by atoms with Crippen LogP contribution < -0.4 is 0 Å². The standard InChI is InChI=1S/C13H20N2O2S/c1-10-4-2-6-15-12(10)9-14-13(15)8-11-5-3-7-18(11,16)17/h9-11H,2-8H2,1H3. The summed E-state index contributed by atoms with van der Waals surface area (Å²) in [5, 5.41) is -0.193. The molecule has 2 aliphatic rings. The third kappa shape index (κ3) is 1.98. The summed E-state index contributed by atoms with van der Waals surface area (Å²) in [7, 11) is -2.86. The van der Waals surface area contributed by atoms with Gasteiger partial charge in [-0.2, -0.15) is 0 Å². The van der Waals surface area contributed by atoms with E-state index >= 15 is 0 Å². The van der Waals surface area contributed by atoms with Gasteiger partial charge in [0.05, 0.1) is 11.0 Å². The van der Waals surface area contributed by atoms with Crippen LogP contribution in [0, 0.1) is 0 Å². The average Bonchev–Trinajstić information content (AvgIpc) is 2.86. The molecule has 2 atom stereocenters. The van der Waals surface area contributed by atoms with Gasteiger partial charge < -0.3 is 4.57 Å². The van der Waals surface area contributed by atoms with Gasteiger partial charge in [0.25, 0.3) is 0 Å². The van der Waals surface area contributed by atoms with E-state index in [1.165, 1.54) is 18.5 Å². The molecule has 18 heavy (non-hydrogen) atoms. The van der Waals surface area contributed by atoms with Gasteiger partial charge in [-0.3, -0.25) is 0 Å². The van der Waals surface area contributed by atoms with Crippen LogP contribution in [-0.4, -0.2) is 29.0 Å². The van der Waals surface area contributed by atoms with Gasteiger partial charge in [0.15, 0.2) is 9.84 Å². The number of sulfone groups is 1. The molecule has 1 aromatic heterocycles. The van der Waals surface area contributed by atoms with Crippen molar-refractivity contribution in [2.45, 2.75) is 56.7 Å². The number of hydrogen-bond acceptors (Lipinski definition) is 3. The Kier molecular flexibility index (Phi) is 2.96. The Morgan fingerprint density at radius 3 is 2.94 bits per heavy atom. The van der Waals surface area contributed by atoms with Crippen molar-refractivity contribution in [2.75, 3.05) is 5.75 Å². The summed E-state index contributed by atoms with van der Waals surface area (Å²) in [6.07, 6.45) is 6.56. The first-order valence-electron chi connectivity index (χ1n) is 6.84. The number of rotatable bonds is 2. The molecule has 100 valence electrons. The molecule has 2 aliphatic heterocycles. The van der Waals surface area contributed by atoms with Gasteiger partial charge in [-0.15, -0.1) is 0 Å². The maximum Gasteiger partial charge on any atom is 0.153 e. The summed E-state index contributed by atoms with van der Waals surface area (Å²) in [6, 6.07) is 0. The molecule has 0 bridgehead atoms. The molecular weight excluding hydrogens is 248 g/mol. The average molecular weight is 268 g/mol. The Morgan fingerprint density at radius 2 is 2.22 bits per heavy atom. The summed E-state index contributed by atoms with van der Waals surface area (Å²) in [4.78, 5) is 4.48. The van der Waals surface area contributed by atoms with Crippen LogP contribution in [-0.2, 0) is 22.8 Å². The van der Waals surface area contributed by atoms with Crippen LogP contribution in [0.4, 0.5) is 0 Å². The molecule has 2 unspecified atom stereocenters. The predicted molar refractivity (Wildman–Crippen MR) is 70.4 cm³/mol. The fourth-order valence-corrected chi connectivity index (χ4v) is 5.07. The lowest BCUT2D eigenvalue weighted by molar-refractivity contribution is 0.460. The zero-order chi connectivity index (χ0) is 12.8. The fraction of sp³-hybridized carbons (Fsp3) is 0.769. The molecule has 3 rings (SSSR count). The summed E-state index contributed by atoms with van der Waals surface area (Å²) < 4.78 is 26.0. The van der Waals surface area contributed by atoms with Gasteiger partial charge in [-0.1, -0.05) is 6.92 Å². The summed E-state index contributed by atoms with van der Waals surface area (Å²) >= 11 is 0. The third-order valence-electron chi connectivity index (χ3n) is 4.37. The molecule has 0 radical (unpaired) electrons. The van der Waals surface area contributed by atoms with Crippen LogP contribution in [0.25, 0.3) is 0 Å². The van der Waals surface area contributed by atoms with E-state index in [1.54, 1.807) is 0 Å². The van der Waals surface area contributed by atoms with Crippen molar-refractivity contribution in [1.29, 1.82) is 0 Å². The van der Waals surface area contributed by atoms with Gasteiger partial charge in [0.1, 0.15) is 5.82 Å². The van der Waals surface area contributed by atoms with Crippen molar-refractivity contribution in [3.05, 3.63) is 17.7 Å². The summed E-state index contributed by atoms with van der Waals surface area (Å²) in [5.41, 5.74) is 1.28. The lowest BCUT2D eigenvalue weighted by Gasteiger charge is -2.22. The van der Waals surface area contributed by atoms with Gasteiger partial charge in [0, 0.05) is 24.9 Å². The topological polar surface area (TPSA) is 52.0 Å². The van der Waals surface area contributed by atoms with E-state index in [9.17, 15) is 8.42 Å². The molecule has 0 saturated carbocycles. The van der Waals surface area contributed by atoms with E-state index < -0.39 is 9.84 Å². The predicted octanol–water partition coefficient (Wildman–Crippen LogP) is 1.90. The zero-order valence-electron chi connectivity index (χ0n) is 10.8. The second-order valence-corrected chi connectivity index (χ2v) is 8.03. The first-order valence-corrected chi connectivity index (χ1v) is 8.55. The first-order chi connectivity index (χ1) is 8.58. The Labute approximate surface area is 108 Å². The Bertz CT molecular complexity index is 547. The van der Waals surface area contributed by atoms with E-state index in [4.69, 9.17) is 0 Å². The largest absolute Gasteiger partial charge is 0.332 e. The second kappa shape index (κ2) is 4.37. The van der Waals surface area contributed by atoms with Gasteiger partial charge >= 0.3 is 0 Å². The normalized spacial score (nSPS) is 30.3. The van der Waals surface area contributed by atoms with Gasteiger partial charge in [-0.25, -0.2) is 13.4 Å². The first kappa shape index (κ1) is 12.2. The van der Waals surface area contributed by atoms with Gasteiger partial charge in [-0.05, 0) is 31.6 Å². The summed E-state index contributed by atoms with van der Waals surface area (Å²) in [5.74, 6) is 1.90. The van der Waals surface area contributed by atoms with Gasteiger partial charge in [0.2, 0.25) is 0 Å². The monoisotopic (exact) mass is 268 g/mol. The molecule has 1 saturated heterocycles. The SMILES string of the molecule is CC1CCCn2c1cnc2CC1CCCS1(=O)=O. The van der Waals surface area contributed by atoms with Crippen LogP contribution in [0.1, 0.15) is 50.0 Å². The van der Waals surface area contributed by atoms with Crippen LogP contribution in [0.5, 0.6) is 0 Å². The molecule has 0 aliphatic carbocycles. The molecule has 1 aromatic rings. The number of hydrogen-bond donors (Lipinski definition) is 0.